The lowest BCUT2D eigenvalue weighted by Gasteiger charge is -2.08. The zero-order valence-electron chi connectivity index (χ0n) is 18.7. The molecule has 0 spiro atoms. The van der Waals surface area contributed by atoms with E-state index in [0.717, 1.165) is 20.4 Å². The van der Waals surface area contributed by atoms with Crippen LogP contribution in [0.4, 0.5) is 0 Å². The van der Waals surface area contributed by atoms with Crippen LogP contribution in [0.1, 0.15) is 10.0 Å². The van der Waals surface area contributed by atoms with E-state index in [1.807, 2.05) is 36.4 Å². The van der Waals surface area contributed by atoms with E-state index in [4.69, 9.17) is 19.7 Å². The number of aliphatic imine (C=N–C) groups is 2. The zero-order valence-corrected chi connectivity index (χ0v) is 22.0. The Morgan fingerprint density at radius 2 is 1.24 bits per heavy atom. The summed E-state index contributed by atoms with van der Waals surface area (Å²) in [5.41, 5.74) is 1.59. The van der Waals surface area contributed by atoms with Gasteiger partial charge in [-0.2, -0.15) is 0 Å². The molecule has 14 heteroatoms. The molecule has 2 aliphatic heterocycles. The molecule has 0 saturated carbocycles. The van der Waals surface area contributed by atoms with Gasteiger partial charge in [-0.15, -0.1) is 46.2 Å². The fourth-order valence-electron chi connectivity index (χ4n) is 3.57. The number of carbonyl (C=O) groups is 2. The van der Waals surface area contributed by atoms with Crippen molar-refractivity contribution >= 4 is 88.7 Å². The Bertz CT molecular complexity index is 1500. The van der Waals surface area contributed by atoms with Crippen molar-refractivity contribution < 1.29 is 29.3 Å². The lowest BCUT2D eigenvalue weighted by atomic mass is 10.3. The summed E-state index contributed by atoms with van der Waals surface area (Å²) in [5.74, 6) is 0.227. The fourth-order valence-corrected chi connectivity index (χ4v) is 7.76. The molecule has 0 saturated heterocycles. The number of benzene rings is 2. The molecule has 4 aromatic rings. The Morgan fingerprint density at radius 1 is 0.784 bits per heavy atom. The van der Waals surface area contributed by atoms with Crippen molar-refractivity contribution in [2.24, 2.45) is 9.98 Å². The maximum absolute atomic E-state index is 11.2. The summed E-state index contributed by atoms with van der Waals surface area (Å²) in [7, 11) is 0. The third kappa shape index (κ3) is 5.01. The lowest BCUT2D eigenvalue weighted by molar-refractivity contribution is -0.138. The van der Waals surface area contributed by atoms with Crippen LogP contribution in [0.25, 0.3) is 20.4 Å². The first-order chi connectivity index (χ1) is 17.9. The van der Waals surface area contributed by atoms with Crippen LogP contribution in [0.5, 0.6) is 11.5 Å². The van der Waals surface area contributed by atoms with Crippen molar-refractivity contribution in [1.82, 2.24) is 9.97 Å². The van der Waals surface area contributed by atoms with Gasteiger partial charge in [-0.3, -0.25) is 9.98 Å². The van der Waals surface area contributed by atoms with Gasteiger partial charge in [0.05, 0.1) is 20.4 Å². The predicted octanol–water partition coefficient (Wildman–Crippen LogP) is 4.21. The van der Waals surface area contributed by atoms with E-state index in [2.05, 4.69) is 20.0 Å². The average molecular weight is 573 g/mol. The number of thiazole rings is 2. The molecule has 2 atom stereocenters. The van der Waals surface area contributed by atoms with Gasteiger partial charge in [0.1, 0.15) is 31.6 Å². The molecule has 0 fully saturated rings. The Balaban J connectivity index is 1.11. The molecule has 0 amide bonds. The van der Waals surface area contributed by atoms with E-state index in [-0.39, 0.29) is 6.79 Å². The van der Waals surface area contributed by atoms with Crippen LogP contribution in [0.2, 0.25) is 0 Å². The monoisotopic (exact) mass is 572 g/mol. The molecule has 2 aromatic heterocycles. The molecule has 0 radical (unpaired) electrons. The number of aromatic nitrogens is 2. The highest BCUT2D eigenvalue weighted by molar-refractivity contribution is 8.15. The smallest absolute Gasteiger partial charge is 0.329 e. The normalized spacial score (nSPS) is 19.2. The van der Waals surface area contributed by atoms with Gasteiger partial charge in [0.15, 0.2) is 12.1 Å². The van der Waals surface area contributed by atoms with Crippen LogP contribution in [-0.4, -0.2) is 72.6 Å². The highest BCUT2D eigenvalue weighted by Crippen LogP contribution is 2.33. The van der Waals surface area contributed by atoms with Crippen LogP contribution >= 0.6 is 46.2 Å². The summed E-state index contributed by atoms with van der Waals surface area (Å²) in [6.45, 7) is 0.0000384. The molecule has 2 aliphatic rings. The largest absolute Gasteiger partial charge is 0.480 e. The topological polar surface area (TPSA) is 144 Å². The first kappa shape index (κ1) is 24.2. The molecule has 37 heavy (non-hydrogen) atoms. The van der Waals surface area contributed by atoms with Crippen LogP contribution in [0.15, 0.2) is 46.4 Å². The third-order valence-corrected chi connectivity index (χ3v) is 9.83. The van der Waals surface area contributed by atoms with Crippen molar-refractivity contribution in [3.8, 4) is 11.5 Å². The van der Waals surface area contributed by atoms with E-state index in [9.17, 15) is 9.59 Å². The predicted molar refractivity (Wildman–Crippen MR) is 146 cm³/mol. The van der Waals surface area contributed by atoms with E-state index in [1.54, 1.807) is 0 Å². The zero-order chi connectivity index (χ0) is 25.5. The van der Waals surface area contributed by atoms with Crippen molar-refractivity contribution in [2.45, 2.75) is 12.1 Å². The number of fused-ring (bicyclic) bond motifs is 2. The summed E-state index contributed by atoms with van der Waals surface area (Å²) in [5, 5.41) is 21.0. The second kappa shape index (κ2) is 9.93. The number of carboxylic acids is 2. The van der Waals surface area contributed by atoms with Gasteiger partial charge in [-0.25, -0.2) is 19.6 Å². The summed E-state index contributed by atoms with van der Waals surface area (Å²) >= 11 is 5.69. The van der Waals surface area contributed by atoms with Crippen molar-refractivity contribution in [2.75, 3.05) is 18.3 Å². The summed E-state index contributed by atoms with van der Waals surface area (Å²) < 4.78 is 13.4. The lowest BCUT2D eigenvalue weighted by Crippen LogP contribution is -2.17. The van der Waals surface area contributed by atoms with Gasteiger partial charge in [0.25, 0.3) is 0 Å². The number of aliphatic carboxylic acids is 2. The quantitative estimate of drug-likeness (QED) is 0.295. The second-order valence-corrected chi connectivity index (χ2v) is 12.0. The first-order valence-corrected chi connectivity index (χ1v) is 14.5. The molecule has 4 heterocycles. The van der Waals surface area contributed by atoms with E-state index < -0.39 is 24.0 Å². The SMILES string of the molecule is O=C(O)C1CSC(c2nc3ccc(OCOc4ccc5nc(C6=NC(C(=O)O)CS6)sc5c4)cc3s2)=N1. The molecule has 0 bridgehead atoms. The summed E-state index contributed by atoms with van der Waals surface area (Å²) in [6.07, 6.45) is 0. The van der Waals surface area contributed by atoms with E-state index >= 15 is 0 Å². The molecule has 2 N–H and O–H groups in total. The molecule has 188 valence electrons. The molecule has 2 unspecified atom stereocenters. The van der Waals surface area contributed by atoms with E-state index in [1.165, 1.54) is 46.2 Å². The molecule has 0 aliphatic carbocycles. The third-order valence-electron chi connectivity index (χ3n) is 5.41. The van der Waals surface area contributed by atoms with Crippen molar-refractivity contribution in [1.29, 1.82) is 0 Å². The van der Waals surface area contributed by atoms with Crippen LogP contribution < -0.4 is 9.47 Å². The number of hydrogen-bond donors (Lipinski definition) is 2. The molecular formula is C23H16N4O6S4. The Kier molecular flexibility index (Phi) is 6.48. The van der Waals surface area contributed by atoms with Crippen LogP contribution in [0.3, 0.4) is 0 Å². The number of carboxylic acid groups (broad SMARTS) is 2. The van der Waals surface area contributed by atoms with Crippen LogP contribution in [0, 0.1) is 0 Å². The number of hydrogen-bond acceptors (Lipinski definition) is 12. The van der Waals surface area contributed by atoms with Crippen molar-refractivity contribution in [3.05, 3.63) is 46.4 Å². The van der Waals surface area contributed by atoms with E-state index in [0.29, 0.717) is 43.1 Å². The highest BCUT2D eigenvalue weighted by Gasteiger charge is 2.28. The molecule has 6 rings (SSSR count). The molecule has 2 aromatic carbocycles. The second-order valence-electron chi connectivity index (χ2n) is 7.90. The number of thioether (sulfide) groups is 2. The Hall–Kier alpha value is -3.20. The van der Waals surface area contributed by atoms with Gasteiger partial charge in [-0.05, 0) is 36.4 Å². The minimum atomic E-state index is -0.926. The minimum Gasteiger partial charge on any atom is -0.480 e. The van der Waals surface area contributed by atoms with Gasteiger partial charge >= 0.3 is 11.9 Å². The first-order valence-electron chi connectivity index (χ1n) is 10.9. The molecule has 10 nitrogen and oxygen atoms in total. The van der Waals surface area contributed by atoms with Crippen LogP contribution in [-0.2, 0) is 9.59 Å². The Morgan fingerprint density at radius 3 is 1.65 bits per heavy atom. The van der Waals surface area contributed by atoms with Crippen molar-refractivity contribution in [3.63, 3.8) is 0 Å². The Labute approximate surface area is 225 Å². The maximum atomic E-state index is 11.2. The summed E-state index contributed by atoms with van der Waals surface area (Å²) in [4.78, 5) is 40.0. The number of ether oxygens (including phenoxy) is 2. The number of rotatable bonds is 8. The minimum absolute atomic E-state index is 0.0000384. The molecular weight excluding hydrogens is 557 g/mol. The highest BCUT2D eigenvalue weighted by atomic mass is 32.2. The maximum Gasteiger partial charge on any atom is 0.329 e. The fraction of sp³-hybridized carbons (Fsp3) is 0.217. The van der Waals surface area contributed by atoms with Gasteiger partial charge in [-0.1, -0.05) is 0 Å². The van der Waals surface area contributed by atoms with Gasteiger partial charge in [0, 0.05) is 11.5 Å². The average Bonchev–Trinajstić information content (AvgIpc) is 3.67. The number of nitrogens with zero attached hydrogens (tertiary/aromatic N) is 4. The van der Waals surface area contributed by atoms with Gasteiger partial charge in [0.2, 0.25) is 6.79 Å². The summed E-state index contributed by atoms with van der Waals surface area (Å²) in [6, 6.07) is 9.61. The standard InChI is InChI=1S/C23H16N4O6S4/c28-22(29)14-7-34-18(26-14)20-24-12-3-1-10(5-16(12)36-20)32-9-33-11-2-4-13-17(6-11)37-21(25-13)19-27-15(8-35-19)23(30)31/h1-6,14-15H,7-9H2,(H,28,29)(H,30,31). The van der Waals surface area contributed by atoms with Gasteiger partial charge < -0.3 is 19.7 Å².